The molecule has 0 bridgehead atoms. The molecule has 2 aromatic rings. The third kappa shape index (κ3) is 3.75. The van der Waals surface area contributed by atoms with Crippen LogP contribution >= 0.6 is 0 Å². The van der Waals surface area contributed by atoms with Crippen LogP contribution in [0.5, 0.6) is 5.75 Å². The highest BCUT2D eigenvalue weighted by Crippen LogP contribution is 2.24. The van der Waals surface area contributed by atoms with Gasteiger partial charge in [0.15, 0.2) is 0 Å². The summed E-state index contributed by atoms with van der Waals surface area (Å²) in [6.07, 6.45) is 0. The lowest BCUT2D eigenvalue weighted by atomic mass is 10.1. The van der Waals surface area contributed by atoms with Gasteiger partial charge in [-0.05, 0) is 31.5 Å². The molecule has 0 fully saturated rings. The van der Waals surface area contributed by atoms with E-state index in [1.807, 2.05) is 38.1 Å². The van der Waals surface area contributed by atoms with Crippen LogP contribution in [0.4, 0.5) is 5.69 Å². The van der Waals surface area contributed by atoms with Crippen LogP contribution in [0.15, 0.2) is 42.5 Å². The molecule has 0 aliphatic rings. The predicted molar refractivity (Wildman–Crippen MR) is 84.4 cm³/mol. The van der Waals surface area contributed by atoms with E-state index in [4.69, 9.17) is 10.5 Å². The number of anilines is 1. The van der Waals surface area contributed by atoms with Gasteiger partial charge in [0.1, 0.15) is 11.3 Å². The molecular formula is C17H20N2O2. The summed E-state index contributed by atoms with van der Waals surface area (Å²) in [5, 5.41) is 2.88. The number of nitrogens with one attached hydrogen (secondary N) is 1. The van der Waals surface area contributed by atoms with E-state index in [1.165, 1.54) is 5.56 Å². The van der Waals surface area contributed by atoms with Crippen molar-refractivity contribution in [3.8, 4) is 5.75 Å². The van der Waals surface area contributed by atoms with Crippen LogP contribution in [0, 0.1) is 6.92 Å². The van der Waals surface area contributed by atoms with Gasteiger partial charge in [-0.2, -0.15) is 0 Å². The maximum Gasteiger partial charge on any atom is 0.257 e. The Balaban J connectivity index is 2.11. The first-order valence-corrected chi connectivity index (χ1v) is 6.97. The minimum atomic E-state index is -0.225. The van der Waals surface area contributed by atoms with Gasteiger partial charge in [-0.15, -0.1) is 0 Å². The monoisotopic (exact) mass is 284 g/mol. The fourth-order valence-electron chi connectivity index (χ4n) is 2.04. The van der Waals surface area contributed by atoms with Crippen molar-refractivity contribution < 1.29 is 9.53 Å². The Morgan fingerprint density at radius 2 is 1.90 bits per heavy atom. The first-order chi connectivity index (χ1) is 10.1. The van der Waals surface area contributed by atoms with Crippen molar-refractivity contribution >= 4 is 11.6 Å². The molecule has 1 amide bonds. The van der Waals surface area contributed by atoms with E-state index in [0.29, 0.717) is 30.2 Å². The number of carbonyl (C=O) groups is 1. The molecule has 0 radical (unpaired) electrons. The number of nitrogens with two attached hydrogens (primary N) is 1. The molecule has 110 valence electrons. The molecule has 0 saturated carbocycles. The van der Waals surface area contributed by atoms with Crippen molar-refractivity contribution in [2.24, 2.45) is 0 Å². The Labute approximate surface area is 124 Å². The molecule has 21 heavy (non-hydrogen) atoms. The summed E-state index contributed by atoms with van der Waals surface area (Å²) in [4.78, 5) is 12.3. The number of amides is 1. The van der Waals surface area contributed by atoms with Crippen LogP contribution in [0.2, 0.25) is 0 Å². The molecule has 4 nitrogen and oxygen atoms in total. The van der Waals surface area contributed by atoms with Crippen LogP contribution in [0.1, 0.15) is 28.4 Å². The third-order valence-corrected chi connectivity index (χ3v) is 3.16. The number of hydrogen-bond acceptors (Lipinski definition) is 3. The largest absolute Gasteiger partial charge is 0.493 e. The van der Waals surface area contributed by atoms with E-state index in [1.54, 1.807) is 18.2 Å². The van der Waals surface area contributed by atoms with Gasteiger partial charge in [0.2, 0.25) is 0 Å². The summed E-state index contributed by atoms with van der Waals surface area (Å²) in [6, 6.07) is 13.2. The second-order valence-electron chi connectivity index (χ2n) is 4.82. The summed E-state index contributed by atoms with van der Waals surface area (Å²) in [7, 11) is 0. The van der Waals surface area contributed by atoms with Gasteiger partial charge in [-0.25, -0.2) is 0 Å². The van der Waals surface area contributed by atoms with Gasteiger partial charge >= 0.3 is 0 Å². The van der Waals surface area contributed by atoms with E-state index in [2.05, 4.69) is 5.32 Å². The Morgan fingerprint density at radius 1 is 1.19 bits per heavy atom. The summed E-state index contributed by atoms with van der Waals surface area (Å²) in [6.45, 7) is 4.85. The van der Waals surface area contributed by atoms with Crippen molar-refractivity contribution in [2.75, 3.05) is 12.3 Å². The van der Waals surface area contributed by atoms with Gasteiger partial charge in [-0.1, -0.05) is 35.9 Å². The zero-order chi connectivity index (χ0) is 15.2. The lowest BCUT2D eigenvalue weighted by Crippen LogP contribution is -2.24. The van der Waals surface area contributed by atoms with Gasteiger partial charge in [-0.3, -0.25) is 4.79 Å². The van der Waals surface area contributed by atoms with Crippen molar-refractivity contribution in [1.82, 2.24) is 5.32 Å². The van der Waals surface area contributed by atoms with Gasteiger partial charge < -0.3 is 15.8 Å². The van der Waals surface area contributed by atoms with Crippen molar-refractivity contribution in [3.63, 3.8) is 0 Å². The average Bonchev–Trinajstić information content (AvgIpc) is 2.47. The normalized spacial score (nSPS) is 10.2. The average molecular weight is 284 g/mol. The van der Waals surface area contributed by atoms with Crippen molar-refractivity contribution in [3.05, 3.63) is 59.2 Å². The summed E-state index contributed by atoms with van der Waals surface area (Å²) < 4.78 is 5.47. The van der Waals surface area contributed by atoms with Crippen LogP contribution < -0.4 is 15.8 Å². The standard InChI is InChI=1S/C17H20N2O2/c1-3-21-15-6-4-5-14(18)16(15)17(20)19-11-13-9-7-12(2)8-10-13/h4-10H,3,11,18H2,1-2H3,(H,19,20). The third-order valence-electron chi connectivity index (χ3n) is 3.16. The van der Waals surface area contributed by atoms with Crippen LogP contribution in [-0.2, 0) is 6.54 Å². The second kappa shape index (κ2) is 6.79. The van der Waals surface area contributed by atoms with Crippen molar-refractivity contribution in [1.29, 1.82) is 0 Å². The molecule has 0 heterocycles. The molecule has 0 atom stereocenters. The Bertz CT molecular complexity index is 621. The topological polar surface area (TPSA) is 64.3 Å². The molecule has 2 rings (SSSR count). The Hall–Kier alpha value is -2.49. The molecule has 2 aromatic carbocycles. The molecule has 0 spiro atoms. The summed E-state index contributed by atoms with van der Waals surface area (Å²) in [5.74, 6) is 0.288. The molecule has 0 aliphatic carbocycles. The zero-order valence-electron chi connectivity index (χ0n) is 12.3. The number of hydrogen-bond donors (Lipinski definition) is 2. The highest BCUT2D eigenvalue weighted by Gasteiger charge is 2.15. The van der Waals surface area contributed by atoms with Gasteiger partial charge in [0, 0.05) is 12.2 Å². The smallest absolute Gasteiger partial charge is 0.257 e. The number of benzene rings is 2. The quantitative estimate of drug-likeness (QED) is 0.830. The molecule has 0 aromatic heterocycles. The van der Waals surface area contributed by atoms with E-state index in [0.717, 1.165) is 5.56 Å². The molecule has 4 heteroatoms. The minimum Gasteiger partial charge on any atom is -0.493 e. The van der Waals surface area contributed by atoms with E-state index in [9.17, 15) is 4.79 Å². The van der Waals surface area contributed by atoms with Crippen molar-refractivity contribution in [2.45, 2.75) is 20.4 Å². The van der Waals surface area contributed by atoms with Gasteiger partial charge in [0.25, 0.3) is 5.91 Å². The number of aryl methyl sites for hydroxylation is 1. The Morgan fingerprint density at radius 3 is 2.57 bits per heavy atom. The molecular weight excluding hydrogens is 264 g/mol. The van der Waals surface area contributed by atoms with E-state index >= 15 is 0 Å². The lowest BCUT2D eigenvalue weighted by molar-refractivity contribution is 0.0948. The van der Waals surface area contributed by atoms with Crippen LogP contribution in [0.3, 0.4) is 0 Å². The second-order valence-corrected chi connectivity index (χ2v) is 4.82. The number of nitrogen functional groups attached to an aromatic ring is 1. The fraction of sp³-hybridized carbons (Fsp3) is 0.235. The number of rotatable bonds is 5. The molecule has 0 saturated heterocycles. The SMILES string of the molecule is CCOc1cccc(N)c1C(=O)NCc1ccc(C)cc1. The van der Waals surface area contributed by atoms with E-state index in [-0.39, 0.29) is 5.91 Å². The molecule has 0 unspecified atom stereocenters. The highest BCUT2D eigenvalue weighted by atomic mass is 16.5. The maximum atomic E-state index is 12.3. The summed E-state index contributed by atoms with van der Waals surface area (Å²) in [5.41, 5.74) is 8.95. The molecule has 3 N–H and O–H groups in total. The first kappa shape index (κ1) is 14.9. The number of carbonyl (C=O) groups excluding carboxylic acids is 1. The fourth-order valence-corrected chi connectivity index (χ4v) is 2.04. The zero-order valence-corrected chi connectivity index (χ0v) is 12.3. The van der Waals surface area contributed by atoms with Gasteiger partial charge in [0.05, 0.1) is 6.61 Å². The Kier molecular flexibility index (Phi) is 4.82. The minimum absolute atomic E-state index is 0.225. The number of ether oxygens (including phenoxy) is 1. The highest BCUT2D eigenvalue weighted by molar-refractivity contribution is 6.01. The maximum absolute atomic E-state index is 12.3. The van der Waals surface area contributed by atoms with E-state index < -0.39 is 0 Å². The lowest BCUT2D eigenvalue weighted by Gasteiger charge is -2.12. The van der Waals surface area contributed by atoms with Crippen LogP contribution in [0.25, 0.3) is 0 Å². The first-order valence-electron chi connectivity index (χ1n) is 6.97. The summed E-state index contributed by atoms with van der Waals surface area (Å²) >= 11 is 0. The molecule has 0 aliphatic heterocycles. The van der Waals surface area contributed by atoms with Crippen LogP contribution in [-0.4, -0.2) is 12.5 Å². The predicted octanol–water partition coefficient (Wildman–Crippen LogP) is 2.91.